The molecule has 0 aromatic heterocycles. The molecule has 0 unspecified atom stereocenters. The fourth-order valence-electron chi connectivity index (χ4n) is 1.55. The maximum absolute atomic E-state index is 11.9. The van der Waals surface area contributed by atoms with E-state index in [1.54, 1.807) is 25.3 Å². The molecule has 3 N–H and O–H groups in total. The summed E-state index contributed by atoms with van der Waals surface area (Å²) in [5.74, 6) is 1.11. The Labute approximate surface area is 114 Å². The van der Waals surface area contributed by atoms with Crippen LogP contribution in [0.15, 0.2) is 18.2 Å². The summed E-state index contributed by atoms with van der Waals surface area (Å²) in [7, 11) is 1.56. The van der Waals surface area contributed by atoms with Gasteiger partial charge in [0.25, 0.3) is 0 Å². The first kappa shape index (κ1) is 15.3. The first-order chi connectivity index (χ1) is 8.99. The Kier molecular flexibility index (Phi) is 5.63. The first-order valence-electron chi connectivity index (χ1n) is 6.36. The number of hydrogen-bond donors (Lipinski definition) is 2. The number of rotatable bonds is 6. The van der Waals surface area contributed by atoms with Gasteiger partial charge in [0.05, 0.1) is 19.8 Å². The summed E-state index contributed by atoms with van der Waals surface area (Å²) in [6.45, 7) is 6.27. The largest absolute Gasteiger partial charge is 0.493 e. The predicted molar refractivity (Wildman–Crippen MR) is 75.6 cm³/mol. The molecule has 1 rings (SSSR count). The Morgan fingerprint density at radius 2 is 2.05 bits per heavy atom. The minimum absolute atomic E-state index is 0.0876. The highest BCUT2D eigenvalue weighted by Gasteiger charge is 2.17. The summed E-state index contributed by atoms with van der Waals surface area (Å²) in [6, 6.07) is 4.71. The Morgan fingerprint density at radius 3 is 2.58 bits per heavy atom. The third-order valence-electron chi connectivity index (χ3n) is 2.75. The molecule has 5 heteroatoms. The van der Waals surface area contributed by atoms with Gasteiger partial charge >= 0.3 is 0 Å². The average Bonchev–Trinajstić information content (AvgIpc) is 2.39. The summed E-state index contributed by atoms with van der Waals surface area (Å²) in [5, 5.41) is 2.77. The third-order valence-corrected chi connectivity index (χ3v) is 2.75. The van der Waals surface area contributed by atoms with Crippen LogP contribution in [-0.2, 0) is 4.79 Å². The number of nitrogens with two attached hydrogens (primary N) is 1. The Hall–Kier alpha value is -1.75. The van der Waals surface area contributed by atoms with Crippen LogP contribution in [0.5, 0.6) is 11.5 Å². The van der Waals surface area contributed by atoms with Gasteiger partial charge in [-0.05, 0) is 25.0 Å². The second-order valence-corrected chi connectivity index (χ2v) is 4.56. The quantitative estimate of drug-likeness (QED) is 0.826. The lowest BCUT2D eigenvalue weighted by Crippen LogP contribution is -2.39. The zero-order valence-corrected chi connectivity index (χ0v) is 11.9. The van der Waals surface area contributed by atoms with Crippen LogP contribution in [-0.4, -0.2) is 25.7 Å². The molecule has 0 bridgehead atoms. The van der Waals surface area contributed by atoms with Crippen LogP contribution in [0.2, 0.25) is 0 Å². The van der Waals surface area contributed by atoms with Crippen molar-refractivity contribution in [1.82, 2.24) is 0 Å². The van der Waals surface area contributed by atoms with Crippen LogP contribution in [0.1, 0.15) is 20.8 Å². The lowest BCUT2D eigenvalue weighted by molar-refractivity contribution is -0.118. The maximum atomic E-state index is 11.9. The maximum Gasteiger partial charge on any atom is 0.241 e. The number of methoxy groups -OCH3 is 1. The number of benzene rings is 1. The molecular formula is C14H22N2O3. The highest BCUT2D eigenvalue weighted by molar-refractivity contribution is 5.95. The predicted octanol–water partition coefficient (Wildman–Crippen LogP) is 2.02. The van der Waals surface area contributed by atoms with E-state index in [-0.39, 0.29) is 11.8 Å². The van der Waals surface area contributed by atoms with Gasteiger partial charge in [-0.25, -0.2) is 0 Å². The van der Waals surface area contributed by atoms with Crippen molar-refractivity contribution in [3.05, 3.63) is 18.2 Å². The third kappa shape index (κ3) is 4.13. The SMILES string of the molecule is CCOc1ccc(NC(=O)[C@H](N)C(C)C)cc1OC. The lowest BCUT2D eigenvalue weighted by atomic mass is 10.0. The number of ether oxygens (including phenoxy) is 2. The summed E-state index contributed by atoms with van der Waals surface area (Å²) in [6.07, 6.45) is 0. The van der Waals surface area contributed by atoms with Crippen molar-refractivity contribution in [2.24, 2.45) is 11.7 Å². The summed E-state index contributed by atoms with van der Waals surface area (Å²) >= 11 is 0. The van der Waals surface area contributed by atoms with Gasteiger partial charge in [0.1, 0.15) is 0 Å². The molecule has 0 aliphatic heterocycles. The fourth-order valence-corrected chi connectivity index (χ4v) is 1.55. The van der Waals surface area contributed by atoms with E-state index in [0.29, 0.717) is 23.8 Å². The lowest BCUT2D eigenvalue weighted by Gasteiger charge is -2.16. The molecular weight excluding hydrogens is 244 g/mol. The van der Waals surface area contributed by atoms with Gasteiger partial charge in [0, 0.05) is 11.8 Å². The van der Waals surface area contributed by atoms with Crippen molar-refractivity contribution in [3.8, 4) is 11.5 Å². The molecule has 0 saturated carbocycles. The molecule has 5 nitrogen and oxygen atoms in total. The van der Waals surface area contributed by atoms with E-state index in [4.69, 9.17) is 15.2 Å². The number of amides is 1. The summed E-state index contributed by atoms with van der Waals surface area (Å²) in [5.41, 5.74) is 6.43. The molecule has 106 valence electrons. The zero-order chi connectivity index (χ0) is 14.4. The minimum atomic E-state index is -0.530. The topological polar surface area (TPSA) is 73.6 Å². The Bertz CT molecular complexity index is 433. The standard InChI is InChI=1S/C14H22N2O3/c1-5-19-11-7-6-10(8-12(11)18-4)16-14(17)13(15)9(2)3/h6-9,13H,5,15H2,1-4H3,(H,16,17)/t13-/m1/s1. The van der Waals surface area contributed by atoms with Crippen LogP contribution in [0, 0.1) is 5.92 Å². The van der Waals surface area contributed by atoms with E-state index in [0.717, 1.165) is 0 Å². The summed E-state index contributed by atoms with van der Waals surface area (Å²) in [4.78, 5) is 11.9. The van der Waals surface area contributed by atoms with E-state index >= 15 is 0 Å². The van der Waals surface area contributed by atoms with Crippen molar-refractivity contribution in [2.45, 2.75) is 26.8 Å². The number of hydrogen-bond acceptors (Lipinski definition) is 4. The van der Waals surface area contributed by atoms with Gasteiger partial charge in [0.15, 0.2) is 11.5 Å². The van der Waals surface area contributed by atoms with E-state index in [9.17, 15) is 4.79 Å². The zero-order valence-electron chi connectivity index (χ0n) is 11.9. The molecule has 0 radical (unpaired) electrons. The molecule has 0 spiro atoms. The van der Waals surface area contributed by atoms with Gasteiger partial charge < -0.3 is 20.5 Å². The Balaban J connectivity index is 2.82. The van der Waals surface area contributed by atoms with Crippen molar-refractivity contribution in [1.29, 1.82) is 0 Å². The van der Waals surface area contributed by atoms with Crippen molar-refractivity contribution < 1.29 is 14.3 Å². The number of anilines is 1. The molecule has 0 aliphatic carbocycles. The van der Waals surface area contributed by atoms with Crippen LogP contribution in [0.4, 0.5) is 5.69 Å². The van der Waals surface area contributed by atoms with Crippen LogP contribution in [0.3, 0.4) is 0 Å². The molecule has 1 aromatic carbocycles. The van der Waals surface area contributed by atoms with Crippen molar-refractivity contribution in [3.63, 3.8) is 0 Å². The normalized spacial score (nSPS) is 12.1. The minimum Gasteiger partial charge on any atom is -0.493 e. The van der Waals surface area contributed by atoms with Gasteiger partial charge in [-0.2, -0.15) is 0 Å². The molecule has 1 amide bonds. The van der Waals surface area contributed by atoms with E-state index < -0.39 is 6.04 Å². The number of carbonyl (C=O) groups is 1. The van der Waals surface area contributed by atoms with Crippen molar-refractivity contribution >= 4 is 11.6 Å². The van der Waals surface area contributed by atoms with Crippen LogP contribution >= 0.6 is 0 Å². The van der Waals surface area contributed by atoms with E-state index in [1.165, 1.54) is 0 Å². The highest BCUT2D eigenvalue weighted by Crippen LogP contribution is 2.30. The van der Waals surface area contributed by atoms with E-state index in [1.807, 2.05) is 20.8 Å². The molecule has 0 heterocycles. The molecule has 0 aliphatic rings. The molecule has 0 saturated heterocycles. The molecule has 1 atom stereocenters. The molecule has 19 heavy (non-hydrogen) atoms. The Morgan fingerprint density at radius 1 is 1.37 bits per heavy atom. The highest BCUT2D eigenvalue weighted by atomic mass is 16.5. The fraction of sp³-hybridized carbons (Fsp3) is 0.500. The van der Waals surface area contributed by atoms with Gasteiger partial charge in [0.2, 0.25) is 5.91 Å². The van der Waals surface area contributed by atoms with Gasteiger partial charge in [-0.1, -0.05) is 13.8 Å². The summed E-state index contributed by atoms with van der Waals surface area (Å²) < 4.78 is 10.6. The first-order valence-corrected chi connectivity index (χ1v) is 6.36. The second-order valence-electron chi connectivity index (χ2n) is 4.56. The number of nitrogens with one attached hydrogen (secondary N) is 1. The van der Waals surface area contributed by atoms with Crippen LogP contribution < -0.4 is 20.5 Å². The van der Waals surface area contributed by atoms with Crippen molar-refractivity contribution in [2.75, 3.05) is 19.0 Å². The van der Waals surface area contributed by atoms with E-state index in [2.05, 4.69) is 5.32 Å². The molecule has 0 fully saturated rings. The smallest absolute Gasteiger partial charge is 0.241 e. The average molecular weight is 266 g/mol. The number of carbonyl (C=O) groups excluding carboxylic acids is 1. The molecule has 1 aromatic rings. The van der Waals surface area contributed by atoms with Gasteiger partial charge in [-0.15, -0.1) is 0 Å². The van der Waals surface area contributed by atoms with Gasteiger partial charge in [-0.3, -0.25) is 4.79 Å². The second kappa shape index (κ2) is 6.99. The van der Waals surface area contributed by atoms with Crippen LogP contribution in [0.25, 0.3) is 0 Å². The monoisotopic (exact) mass is 266 g/mol.